The molecule has 1 heterocycles. The molecule has 0 fully saturated rings. The molecule has 0 bridgehead atoms. The number of nitrogens with one attached hydrogen (secondary N) is 3. The van der Waals surface area contributed by atoms with E-state index in [1.165, 1.54) is 12.5 Å². The highest BCUT2D eigenvalue weighted by molar-refractivity contribution is 8.14. The molecule has 9 nitrogen and oxygen atoms in total. The lowest BCUT2D eigenvalue weighted by Gasteiger charge is -2.27. The molecule has 0 spiro atoms. The van der Waals surface area contributed by atoms with Gasteiger partial charge in [-0.1, -0.05) is 74.5 Å². The quantitative estimate of drug-likeness (QED) is 0.231. The number of urea groups is 1. The Balaban J connectivity index is 1.65. The first-order valence-corrected chi connectivity index (χ1v) is 16.2. The number of likely N-dealkylation sites (N-methyl/N-ethyl adjacent to an activating group) is 1. The van der Waals surface area contributed by atoms with Crippen LogP contribution in [0, 0.1) is 5.92 Å². The van der Waals surface area contributed by atoms with Crippen molar-refractivity contribution in [1.29, 1.82) is 0 Å². The summed E-state index contributed by atoms with van der Waals surface area (Å²) >= 11 is 1.74. The third-order valence-electron chi connectivity index (χ3n) is 7.38. The molecule has 0 aromatic heterocycles. The van der Waals surface area contributed by atoms with Crippen LogP contribution in [0.1, 0.15) is 51.2 Å². The Morgan fingerprint density at radius 2 is 1.58 bits per heavy atom. The van der Waals surface area contributed by atoms with Crippen LogP contribution in [0.4, 0.5) is 4.79 Å². The van der Waals surface area contributed by atoms with Gasteiger partial charge < -0.3 is 26.6 Å². The maximum atomic E-state index is 13.7. The van der Waals surface area contributed by atoms with Gasteiger partial charge >= 0.3 is 6.03 Å². The fourth-order valence-corrected chi connectivity index (χ4v) is 6.12. The number of hydrogen-bond acceptors (Lipinski definition) is 6. The SMILES string of the molecule is CC(=O)NCCC(NC(=O)N(C)CC1CSC(C(C)C)=N1)C(=O)NC(CCC(N)Cc1ccccc1)Cc1ccccc1. The number of rotatable bonds is 16. The van der Waals surface area contributed by atoms with Gasteiger partial charge in [-0.3, -0.25) is 14.6 Å². The minimum Gasteiger partial charge on any atom is -0.356 e. The summed E-state index contributed by atoms with van der Waals surface area (Å²) < 4.78 is 0. The molecule has 1 aliphatic rings. The lowest BCUT2D eigenvalue weighted by molar-refractivity contribution is -0.124. The molecule has 4 atom stereocenters. The van der Waals surface area contributed by atoms with Crippen LogP contribution in [-0.4, -0.2) is 77.8 Å². The number of aliphatic imine (C=N–C) groups is 1. The van der Waals surface area contributed by atoms with E-state index in [2.05, 4.69) is 41.9 Å². The summed E-state index contributed by atoms with van der Waals surface area (Å²) in [6, 6.07) is 18.8. The summed E-state index contributed by atoms with van der Waals surface area (Å²) in [7, 11) is 1.72. The molecule has 2 aromatic carbocycles. The highest BCUT2D eigenvalue weighted by Gasteiger charge is 2.27. The molecule has 4 unspecified atom stereocenters. The number of hydrogen-bond donors (Lipinski definition) is 4. The second kappa shape index (κ2) is 17.7. The summed E-state index contributed by atoms with van der Waals surface area (Å²) in [5.41, 5.74) is 8.79. The summed E-state index contributed by atoms with van der Waals surface area (Å²) in [5, 5.41) is 9.96. The monoisotopic (exact) mass is 608 g/mol. The molecule has 5 N–H and O–H groups in total. The highest BCUT2D eigenvalue weighted by Crippen LogP contribution is 2.23. The minimum atomic E-state index is -0.814. The second-order valence-corrected chi connectivity index (χ2v) is 12.7. The van der Waals surface area contributed by atoms with Gasteiger partial charge in [0.15, 0.2) is 0 Å². The van der Waals surface area contributed by atoms with Crippen LogP contribution >= 0.6 is 11.8 Å². The van der Waals surface area contributed by atoms with Crippen molar-refractivity contribution in [3.05, 3.63) is 71.8 Å². The maximum Gasteiger partial charge on any atom is 0.317 e. The van der Waals surface area contributed by atoms with Crippen molar-refractivity contribution in [2.24, 2.45) is 16.6 Å². The van der Waals surface area contributed by atoms with E-state index in [0.717, 1.165) is 29.2 Å². The Bertz CT molecular complexity index is 1190. The average molecular weight is 609 g/mol. The van der Waals surface area contributed by atoms with Gasteiger partial charge in [-0.25, -0.2) is 4.79 Å². The van der Waals surface area contributed by atoms with Crippen molar-refractivity contribution >= 4 is 34.7 Å². The molecule has 2 aromatic rings. The molecule has 3 rings (SSSR count). The van der Waals surface area contributed by atoms with E-state index in [1.807, 2.05) is 48.5 Å². The normalized spacial score (nSPS) is 16.6. The van der Waals surface area contributed by atoms with E-state index in [-0.39, 0.29) is 48.9 Å². The zero-order valence-corrected chi connectivity index (χ0v) is 26.7. The zero-order chi connectivity index (χ0) is 31.2. The standard InChI is InChI=1S/C33H48N6O3S/c1-23(2)32-37-29(22-43-32)21-39(4)33(42)38-30(17-18-35-24(3)40)31(41)36-28(20-26-13-9-6-10-14-26)16-15-27(34)19-25-11-7-5-8-12-25/h5-14,23,27-30H,15-22,34H2,1-4H3,(H,35,40)(H,36,41)(H,38,42). The van der Waals surface area contributed by atoms with Crippen LogP contribution in [0.25, 0.3) is 0 Å². The lowest BCUT2D eigenvalue weighted by Crippen LogP contribution is -2.54. The van der Waals surface area contributed by atoms with Crippen molar-refractivity contribution < 1.29 is 14.4 Å². The largest absolute Gasteiger partial charge is 0.356 e. The van der Waals surface area contributed by atoms with Crippen LogP contribution in [0.2, 0.25) is 0 Å². The summed E-state index contributed by atoms with van der Waals surface area (Å²) in [6.45, 7) is 6.40. The van der Waals surface area contributed by atoms with Crippen LogP contribution in [0.3, 0.4) is 0 Å². The Labute approximate surface area is 260 Å². The van der Waals surface area contributed by atoms with E-state index in [9.17, 15) is 14.4 Å². The Kier molecular flexibility index (Phi) is 14.0. The first-order valence-electron chi connectivity index (χ1n) is 15.2. The third kappa shape index (κ3) is 12.4. The van der Waals surface area contributed by atoms with E-state index in [0.29, 0.717) is 25.3 Å². The lowest BCUT2D eigenvalue weighted by atomic mass is 9.96. The Morgan fingerprint density at radius 1 is 0.953 bits per heavy atom. The molecule has 234 valence electrons. The van der Waals surface area contributed by atoms with E-state index in [4.69, 9.17) is 10.7 Å². The van der Waals surface area contributed by atoms with E-state index >= 15 is 0 Å². The molecule has 1 aliphatic heterocycles. The van der Waals surface area contributed by atoms with Crippen molar-refractivity contribution in [2.45, 2.75) is 77.0 Å². The van der Waals surface area contributed by atoms with Crippen LogP contribution in [-0.2, 0) is 22.4 Å². The first kappa shape index (κ1) is 34.1. The first-order chi connectivity index (χ1) is 20.6. The predicted octanol–water partition coefficient (Wildman–Crippen LogP) is 3.77. The molecule has 43 heavy (non-hydrogen) atoms. The molecule has 10 heteroatoms. The molecule has 0 saturated heterocycles. The smallest absolute Gasteiger partial charge is 0.317 e. The molecular weight excluding hydrogens is 560 g/mol. The van der Waals surface area contributed by atoms with Crippen molar-refractivity contribution in [3.63, 3.8) is 0 Å². The molecular formula is C33H48N6O3S. The minimum absolute atomic E-state index is 0.0279. The zero-order valence-electron chi connectivity index (χ0n) is 25.9. The van der Waals surface area contributed by atoms with Gasteiger partial charge in [-0.15, -0.1) is 11.8 Å². The van der Waals surface area contributed by atoms with E-state index in [1.54, 1.807) is 23.7 Å². The van der Waals surface area contributed by atoms with Crippen LogP contribution < -0.4 is 21.7 Å². The maximum absolute atomic E-state index is 13.7. The van der Waals surface area contributed by atoms with Gasteiger partial charge in [0.25, 0.3) is 0 Å². The molecule has 4 amide bonds. The second-order valence-electron chi connectivity index (χ2n) is 11.7. The number of nitrogens with two attached hydrogens (primary N) is 1. The third-order valence-corrected chi connectivity index (χ3v) is 8.80. The van der Waals surface area contributed by atoms with Gasteiger partial charge in [0.05, 0.1) is 11.1 Å². The van der Waals surface area contributed by atoms with Gasteiger partial charge in [0.2, 0.25) is 11.8 Å². The van der Waals surface area contributed by atoms with Gasteiger partial charge in [-0.2, -0.15) is 0 Å². The van der Waals surface area contributed by atoms with Gasteiger partial charge in [0, 0.05) is 50.8 Å². The Morgan fingerprint density at radius 3 is 2.16 bits per heavy atom. The Hall–Kier alpha value is -3.37. The number of thioether (sulfide) groups is 1. The fourth-order valence-electron chi connectivity index (χ4n) is 5.02. The number of nitrogens with zero attached hydrogens (tertiary/aromatic N) is 2. The fraction of sp³-hybridized carbons (Fsp3) is 0.515. The highest BCUT2D eigenvalue weighted by atomic mass is 32.2. The predicted molar refractivity (Wildman–Crippen MR) is 176 cm³/mol. The molecule has 0 aliphatic carbocycles. The van der Waals surface area contributed by atoms with Crippen molar-refractivity contribution in [3.8, 4) is 0 Å². The molecule has 0 saturated carbocycles. The topological polar surface area (TPSA) is 129 Å². The molecule has 0 radical (unpaired) electrons. The van der Waals surface area contributed by atoms with Crippen molar-refractivity contribution in [2.75, 3.05) is 25.9 Å². The summed E-state index contributed by atoms with van der Waals surface area (Å²) in [4.78, 5) is 44.7. The number of benzene rings is 2. The summed E-state index contributed by atoms with van der Waals surface area (Å²) in [6.07, 6.45) is 3.10. The average Bonchev–Trinajstić information content (AvgIpc) is 3.45. The number of carbonyl (C=O) groups is 3. The van der Waals surface area contributed by atoms with Crippen molar-refractivity contribution in [1.82, 2.24) is 20.9 Å². The number of amides is 4. The van der Waals surface area contributed by atoms with Crippen LogP contribution in [0.15, 0.2) is 65.7 Å². The van der Waals surface area contributed by atoms with E-state index < -0.39 is 6.04 Å². The summed E-state index contributed by atoms with van der Waals surface area (Å²) in [5.74, 6) is 0.744. The van der Waals surface area contributed by atoms with Crippen LogP contribution in [0.5, 0.6) is 0 Å². The number of carbonyl (C=O) groups excluding carboxylic acids is 3. The van der Waals surface area contributed by atoms with Gasteiger partial charge in [0.1, 0.15) is 6.04 Å². The van der Waals surface area contributed by atoms with Gasteiger partial charge in [-0.05, 0) is 43.2 Å².